The lowest BCUT2D eigenvalue weighted by molar-refractivity contribution is -0.0732. The van der Waals surface area contributed by atoms with Gasteiger partial charge in [-0.1, -0.05) is 50.8 Å². The van der Waals surface area contributed by atoms with Gasteiger partial charge >= 0.3 is 0 Å². The molecule has 2 heterocycles. The van der Waals surface area contributed by atoms with Crippen LogP contribution in [0.2, 0.25) is 0 Å². The van der Waals surface area contributed by atoms with Crippen molar-refractivity contribution >= 4 is 31.9 Å². The molecule has 2 saturated heterocycles. The molecule has 0 aromatic heterocycles. The van der Waals surface area contributed by atoms with E-state index in [1.165, 1.54) is 0 Å². The van der Waals surface area contributed by atoms with Gasteiger partial charge in [0.2, 0.25) is 0 Å². The number of terminal acetylenes is 1. The second-order valence-electron chi connectivity index (χ2n) is 5.14. The Morgan fingerprint density at radius 3 is 2.84 bits per heavy atom. The van der Waals surface area contributed by atoms with Crippen LogP contribution in [0.25, 0.3) is 0 Å². The Balaban J connectivity index is 2.02. The smallest absolute Gasteiger partial charge is 0.0876 e. The Morgan fingerprint density at radius 2 is 2.16 bits per heavy atom. The summed E-state index contributed by atoms with van der Waals surface area (Å²) in [4.78, 5) is 0.782. The second-order valence-corrected chi connectivity index (χ2v) is 7.49. The van der Waals surface area contributed by atoms with E-state index in [2.05, 4.69) is 44.7 Å². The summed E-state index contributed by atoms with van der Waals surface area (Å²) in [5, 5.41) is 0. The number of hydrogen-bond acceptors (Lipinski definition) is 2. The molecule has 0 aromatic rings. The molecule has 2 nitrogen and oxygen atoms in total. The van der Waals surface area contributed by atoms with E-state index in [1.54, 1.807) is 6.08 Å². The first-order valence-corrected chi connectivity index (χ1v) is 8.69. The Kier molecular flexibility index (Phi) is 5.95. The Bertz CT molecular complexity index is 364. The molecule has 2 bridgehead atoms. The largest absolute Gasteiger partial charge is 0.371 e. The number of allylic oxidation sites excluding steroid dienone is 1. The maximum absolute atomic E-state index is 6.28. The van der Waals surface area contributed by atoms with Gasteiger partial charge in [0.25, 0.3) is 0 Å². The van der Waals surface area contributed by atoms with Crippen molar-refractivity contribution in [3.8, 4) is 12.3 Å². The fourth-order valence-corrected chi connectivity index (χ4v) is 3.80. The van der Waals surface area contributed by atoms with Gasteiger partial charge in [-0.25, -0.2) is 0 Å². The monoisotopic (exact) mass is 390 g/mol. The molecule has 0 amide bonds. The zero-order valence-corrected chi connectivity index (χ0v) is 14.3. The molecule has 0 radical (unpaired) electrons. The third-order valence-electron chi connectivity index (χ3n) is 3.82. The van der Waals surface area contributed by atoms with Crippen molar-refractivity contribution in [3.05, 3.63) is 12.2 Å². The second kappa shape index (κ2) is 7.26. The Hall–Kier alpha value is 0.180. The van der Waals surface area contributed by atoms with Crippen LogP contribution in [0.5, 0.6) is 0 Å². The van der Waals surface area contributed by atoms with Crippen LogP contribution in [0.4, 0.5) is 0 Å². The molecule has 6 atom stereocenters. The normalized spacial score (nSPS) is 40.0. The van der Waals surface area contributed by atoms with Crippen LogP contribution in [0.15, 0.2) is 12.2 Å². The van der Waals surface area contributed by atoms with Gasteiger partial charge in [-0.2, -0.15) is 0 Å². The van der Waals surface area contributed by atoms with E-state index in [0.717, 1.165) is 25.7 Å². The van der Waals surface area contributed by atoms with E-state index in [1.807, 2.05) is 6.08 Å². The molecule has 2 aliphatic heterocycles. The molecular formula is C15H20Br2O2. The summed E-state index contributed by atoms with van der Waals surface area (Å²) >= 11 is 7.49. The molecule has 19 heavy (non-hydrogen) atoms. The summed E-state index contributed by atoms with van der Waals surface area (Å²) in [5.41, 5.74) is 0. The zero-order chi connectivity index (χ0) is 13.8. The SMILES string of the molecule is C#CC=CCC1O[C@@H]2C[C@H]1O[C@@H](C(Br)CC)C[C@H]2Br. The average Bonchev–Trinajstić information content (AvgIpc) is 2.72. The molecule has 4 heteroatoms. The number of hydrogen-bond donors (Lipinski definition) is 0. The quantitative estimate of drug-likeness (QED) is 0.535. The van der Waals surface area contributed by atoms with E-state index in [9.17, 15) is 0 Å². The van der Waals surface area contributed by atoms with Crippen molar-refractivity contribution in [2.45, 2.75) is 66.7 Å². The molecule has 2 aliphatic rings. The van der Waals surface area contributed by atoms with Gasteiger partial charge in [0.15, 0.2) is 0 Å². The highest BCUT2D eigenvalue weighted by molar-refractivity contribution is 9.09. The van der Waals surface area contributed by atoms with Crippen LogP contribution in [-0.4, -0.2) is 34.1 Å². The van der Waals surface area contributed by atoms with Crippen LogP contribution in [0.1, 0.15) is 32.6 Å². The highest BCUT2D eigenvalue weighted by Crippen LogP contribution is 2.38. The van der Waals surface area contributed by atoms with E-state index in [-0.39, 0.29) is 24.4 Å². The number of alkyl halides is 2. The van der Waals surface area contributed by atoms with Gasteiger partial charge in [-0.3, -0.25) is 0 Å². The van der Waals surface area contributed by atoms with Gasteiger partial charge in [-0.15, -0.1) is 6.42 Å². The van der Waals surface area contributed by atoms with Crippen LogP contribution >= 0.6 is 31.9 Å². The first-order valence-electron chi connectivity index (χ1n) is 6.85. The molecule has 0 saturated carbocycles. The maximum Gasteiger partial charge on any atom is 0.0876 e. The third kappa shape index (κ3) is 3.85. The molecule has 0 aliphatic carbocycles. The first kappa shape index (κ1) is 15.6. The minimum atomic E-state index is 0.133. The molecule has 0 N–H and O–H groups in total. The molecule has 106 valence electrons. The topological polar surface area (TPSA) is 18.5 Å². The predicted octanol–water partition coefficient (Wildman–Crippen LogP) is 3.82. The summed E-state index contributed by atoms with van der Waals surface area (Å²) in [6.45, 7) is 2.18. The van der Waals surface area contributed by atoms with E-state index < -0.39 is 0 Å². The van der Waals surface area contributed by atoms with Gasteiger partial charge < -0.3 is 9.47 Å². The molecule has 2 rings (SSSR count). The first-order chi connectivity index (χ1) is 9.15. The van der Waals surface area contributed by atoms with Crippen molar-refractivity contribution in [3.63, 3.8) is 0 Å². The van der Waals surface area contributed by atoms with Gasteiger partial charge in [-0.05, 0) is 25.3 Å². The van der Waals surface area contributed by atoms with Crippen LogP contribution < -0.4 is 0 Å². The summed E-state index contributed by atoms with van der Waals surface area (Å²) in [6.07, 6.45) is 13.7. The molecular weight excluding hydrogens is 372 g/mol. The van der Waals surface area contributed by atoms with Gasteiger partial charge in [0.05, 0.1) is 24.4 Å². The fourth-order valence-electron chi connectivity index (χ4n) is 2.75. The van der Waals surface area contributed by atoms with Crippen molar-refractivity contribution in [1.82, 2.24) is 0 Å². The minimum absolute atomic E-state index is 0.133. The Labute approximate surface area is 132 Å². The zero-order valence-electron chi connectivity index (χ0n) is 11.1. The molecule has 2 fully saturated rings. The summed E-state index contributed by atoms with van der Waals surface area (Å²) in [7, 11) is 0. The van der Waals surface area contributed by atoms with Crippen molar-refractivity contribution in [2.24, 2.45) is 0 Å². The average molecular weight is 392 g/mol. The standard InChI is InChI=1S/C15H20Br2O2/c1-3-5-6-7-12-15-9-14(18-12)11(17)8-13(19-15)10(16)4-2/h1,5-6,10-15H,4,7-9H2,2H3/t10?,11-,12?,13-,14-,15-/m1/s1. The van der Waals surface area contributed by atoms with E-state index >= 15 is 0 Å². The third-order valence-corrected chi connectivity index (χ3v) is 6.02. The number of rotatable bonds is 4. The van der Waals surface area contributed by atoms with Crippen molar-refractivity contribution in [2.75, 3.05) is 0 Å². The lowest BCUT2D eigenvalue weighted by Crippen LogP contribution is -2.36. The predicted molar refractivity (Wildman–Crippen MR) is 84.9 cm³/mol. The summed E-state index contributed by atoms with van der Waals surface area (Å²) in [6, 6.07) is 0. The van der Waals surface area contributed by atoms with Crippen molar-refractivity contribution in [1.29, 1.82) is 0 Å². The van der Waals surface area contributed by atoms with E-state index in [0.29, 0.717) is 9.65 Å². The lowest BCUT2D eigenvalue weighted by atomic mass is 10.1. The summed E-state index contributed by atoms with van der Waals surface area (Å²) < 4.78 is 12.4. The molecule has 2 unspecified atom stereocenters. The number of fused-ring (bicyclic) bond motifs is 2. The van der Waals surface area contributed by atoms with Crippen LogP contribution in [0, 0.1) is 12.3 Å². The van der Waals surface area contributed by atoms with Gasteiger partial charge in [0, 0.05) is 16.1 Å². The molecule has 0 spiro atoms. The van der Waals surface area contributed by atoms with Gasteiger partial charge in [0.1, 0.15) is 0 Å². The lowest BCUT2D eigenvalue weighted by Gasteiger charge is -2.30. The Morgan fingerprint density at radius 1 is 1.37 bits per heavy atom. The highest BCUT2D eigenvalue weighted by atomic mass is 79.9. The minimum Gasteiger partial charge on any atom is -0.371 e. The van der Waals surface area contributed by atoms with E-state index in [4.69, 9.17) is 15.9 Å². The summed E-state index contributed by atoms with van der Waals surface area (Å²) in [5.74, 6) is 2.51. The van der Waals surface area contributed by atoms with Crippen LogP contribution in [0.3, 0.4) is 0 Å². The van der Waals surface area contributed by atoms with Crippen molar-refractivity contribution < 1.29 is 9.47 Å². The highest BCUT2D eigenvalue weighted by Gasteiger charge is 2.44. The fraction of sp³-hybridized carbons (Fsp3) is 0.733. The number of halogens is 2. The molecule has 0 aromatic carbocycles. The number of ether oxygens (including phenoxy) is 2. The van der Waals surface area contributed by atoms with Crippen LogP contribution in [-0.2, 0) is 9.47 Å². The maximum atomic E-state index is 6.28.